The highest BCUT2D eigenvalue weighted by atomic mass is 32.2. The minimum absolute atomic E-state index is 0.188. The van der Waals surface area contributed by atoms with E-state index in [0.29, 0.717) is 5.56 Å². The average molecular weight is 404 g/mol. The van der Waals surface area contributed by atoms with E-state index in [4.69, 9.17) is 0 Å². The van der Waals surface area contributed by atoms with Gasteiger partial charge in [-0.05, 0) is 48.1 Å². The van der Waals surface area contributed by atoms with Gasteiger partial charge in [-0.15, -0.1) is 0 Å². The van der Waals surface area contributed by atoms with Gasteiger partial charge in [0.15, 0.2) is 0 Å². The third kappa shape index (κ3) is 5.66. The van der Waals surface area contributed by atoms with Crippen LogP contribution in [0.15, 0.2) is 42.5 Å². The van der Waals surface area contributed by atoms with Gasteiger partial charge in [0.25, 0.3) is 5.91 Å². The predicted molar refractivity (Wildman–Crippen MR) is 109 cm³/mol. The Labute approximate surface area is 165 Å². The van der Waals surface area contributed by atoms with Crippen LogP contribution in [0.25, 0.3) is 11.1 Å². The van der Waals surface area contributed by atoms with E-state index in [9.17, 15) is 23.1 Å². The lowest BCUT2D eigenvalue weighted by molar-refractivity contribution is -0.139. The van der Waals surface area contributed by atoms with Gasteiger partial charge >= 0.3 is 5.97 Å². The summed E-state index contributed by atoms with van der Waals surface area (Å²) in [6, 6.07) is 11.8. The number of amides is 1. The molecule has 0 aromatic heterocycles. The van der Waals surface area contributed by atoms with Crippen LogP contribution < -0.4 is 5.32 Å². The second kappa shape index (κ2) is 9.01. The molecule has 0 fully saturated rings. The topological polar surface area (TPSA) is 101 Å². The normalized spacial score (nSPS) is 12.4. The Bertz CT molecular complexity index is 982. The van der Waals surface area contributed by atoms with E-state index < -0.39 is 27.8 Å². The van der Waals surface area contributed by atoms with Crippen LogP contribution in [-0.4, -0.2) is 43.5 Å². The molecule has 0 saturated heterocycles. The third-order valence-corrected chi connectivity index (χ3v) is 5.53. The van der Waals surface area contributed by atoms with Crippen LogP contribution in [0.2, 0.25) is 0 Å². The highest BCUT2D eigenvalue weighted by Gasteiger charge is 2.24. The molecule has 2 aromatic rings. The molecule has 7 heteroatoms. The molecule has 0 aliphatic carbocycles. The maximum atomic E-state index is 12.9. The molecule has 6 nitrogen and oxygen atoms in total. The Kier molecular flexibility index (Phi) is 6.96. The van der Waals surface area contributed by atoms with Crippen molar-refractivity contribution in [1.29, 1.82) is 0 Å². The minimum Gasteiger partial charge on any atom is -0.480 e. The maximum Gasteiger partial charge on any atom is 0.326 e. The summed E-state index contributed by atoms with van der Waals surface area (Å²) in [6.45, 7) is 3.96. The van der Waals surface area contributed by atoms with Gasteiger partial charge in [0, 0.05) is 11.8 Å². The standard InChI is InChI=1S/C21H25NO5S/c1-4-15-9-10-17(18(13-15)16-8-6-5-7-14(16)2)20(23)22-19(21(24)25)11-12-28(3,26)27/h5-10,13,19H,4,11-12H2,1-3H3,(H,22,23)(H,24,25). The van der Waals surface area contributed by atoms with Gasteiger partial charge in [0.1, 0.15) is 15.9 Å². The van der Waals surface area contributed by atoms with Crippen molar-refractivity contribution in [3.63, 3.8) is 0 Å². The molecule has 0 aliphatic rings. The van der Waals surface area contributed by atoms with E-state index in [1.54, 1.807) is 6.07 Å². The number of carboxylic acids is 1. The summed E-state index contributed by atoms with van der Waals surface area (Å²) < 4.78 is 22.7. The number of carboxylic acid groups (broad SMARTS) is 1. The van der Waals surface area contributed by atoms with Gasteiger partial charge in [-0.3, -0.25) is 4.79 Å². The van der Waals surface area contributed by atoms with Crippen molar-refractivity contribution in [2.24, 2.45) is 0 Å². The second-order valence-corrected chi connectivity index (χ2v) is 9.09. The van der Waals surface area contributed by atoms with Crippen LogP contribution in [0.3, 0.4) is 0 Å². The smallest absolute Gasteiger partial charge is 0.326 e. The van der Waals surface area contributed by atoms with Crippen LogP contribution in [-0.2, 0) is 21.1 Å². The number of carbonyl (C=O) groups excluding carboxylic acids is 1. The zero-order chi connectivity index (χ0) is 20.9. The predicted octanol–water partition coefficient (Wildman–Crippen LogP) is 2.84. The molecule has 2 rings (SSSR count). The number of hydrogen-bond donors (Lipinski definition) is 2. The molecule has 0 aliphatic heterocycles. The summed E-state index contributed by atoms with van der Waals surface area (Å²) in [5.41, 5.74) is 4.03. The van der Waals surface area contributed by atoms with Crippen LogP contribution in [0.4, 0.5) is 0 Å². The highest BCUT2D eigenvalue weighted by molar-refractivity contribution is 7.90. The van der Waals surface area contributed by atoms with Gasteiger partial charge in [-0.1, -0.05) is 43.3 Å². The fourth-order valence-electron chi connectivity index (χ4n) is 2.93. The Morgan fingerprint density at radius 1 is 1.11 bits per heavy atom. The molecule has 2 N–H and O–H groups in total. The number of rotatable bonds is 8. The summed E-state index contributed by atoms with van der Waals surface area (Å²) >= 11 is 0. The lowest BCUT2D eigenvalue weighted by Crippen LogP contribution is -2.42. The van der Waals surface area contributed by atoms with Gasteiger partial charge in [-0.25, -0.2) is 13.2 Å². The molecule has 0 radical (unpaired) electrons. The largest absolute Gasteiger partial charge is 0.480 e. The zero-order valence-corrected chi connectivity index (χ0v) is 17.0. The molecule has 1 unspecified atom stereocenters. The van der Waals surface area contributed by atoms with Crippen molar-refractivity contribution < 1.29 is 23.1 Å². The Morgan fingerprint density at radius 3 is 2.36 bits per heavy atom. The van der Waals surface area contributed by atoms with Crippen LogP contribution in [0.1, 0.15) is 34.8 Å². The fraction of sp³-hybridized carbons (Fsp3) is 0.333. The van der Waals surface area contributed by atoms with Gasteiger partial charge in [-0.2, -0.15) is 0 Å². The van der Waals surface area contributed by atoms with Crippen LogP contribution in [0.5, 0.6) is 0 Å². The quantitative estimate of drug-likeness (QED) is 0.706. The number of carbonyl (C=O) groups is 2. The van der Waals surface area contributed by atoms with Crippen molar-refractivity contribution in [3.05, 3.63) is 59.2 Å². The van der Waals surface area contributed by atoms with Crippen molar-refractivity contribution in [2.45, 2.75) is 32.7 Å². The molecule has 28 heavy (non-hydrogen) atoms. The van der Waals surface area contributed by atoms with Crippen molar-refractivity contribution in [2.75, 3.05) is 12.0 Å². The van der Waals surface area contributed by atoms with Gasteiger partial charge in [0.2, 0.25) is 0 Å². The summed E-state index contributed by atoms with van der Waals surface area (Å²) in [7, 11) is -3.33. The average Bonchev–Trinajstić information content (AvgIpc) is 2.63. The number of benzene rings is 2. The lowest BCUT2D eigenvalue weighted by atomic mass is 9.93. The van der Waals surface area contributed by atoms with Crippen LogP contribution >= 0.6 is 0 Å². The first-order chi connectivity index (χ1) is 13.1. The molecule has 1 atom stereocenters. The summed E-state index contributed by atoms with van der Waals surface area (Å²) in [4.78, 5) is 24.3. The van der Waals surface area contributed by atoms with E-state index in [1.165, 1.54) is 0 Å². The van der Waals surface area contributed by atoms with Crippen molar-refractivity contribution in [3.8, 4) is 11.1 Å². The molecule has 2 aromatic carbocycles. The molecular formula is C21H25NO5S. The number of aryl methyl sites for hydroxylation is 2. The first-order valence-corrected chi connectivity index (χ1v) is 11.1. The van der Waals surface area contributed by atoms with E-state index >= 15 is 0 Å². The Balaban J connectivity index is 2.39. The number of nitrogens with one attached hydrogen (secondary N) is 1. The highest BCUT2D eigenvalue weighted by Crippen LogP contribution is 2.28. The third-order valence-electron chi connectivity index (χ3n) is 4.55. The van der Waals surface area contributed by atoms with Gasteiger partial charge in [0.05, 0.1) is 5.75 Å². The van der Waals surface area contributed by atoms with E-state index in [0.717, 1.165) is 34.9 Å². The summed E-state index contributed by atoms with van der Waals surface area (Å²) in [6.07, 6.45) is 1.65. The summed E-state index contributed by atoms with van der Waals surface area (Å²) in [5, 5.41) is 11.8. The lowest BCUT2D eigenvalue weighted by Gasteiger charge is -2.17. The second-order valence-electron chi connectivity index (χ2n) is 6.83. The molecule has 0 saturated carbocycles. The van der Waals surface area contributed by atoms with E-state index in [-0.39, 0.29) is 12.2 Å². The SMILES string of the molecule is CCc1ccc(C(=O)NC(CCS(C)(=O)=O)C(=O)O)c(-c2ccccc2C)c1. The first-order valence-electron chi connectivity index (χ1n) is 9.02. The maximum absolute atomic E-state index is 12.9. The van der Waals surface area contributed by atoms with Crippen LogP contribution in [0, 0.1) is 6.92 Å². The van der Waals surface area contributed by atoms with Crippen molar-refractivity contribution >= 4 is 21.7 Å². The number of aliphatic carboxylic acids is 1. The molecule has 150 valence electrons. The molecule has 0 bridgehead atoms. The van der Waals surface area contributed by atoms with Gasteiger partial charge < -0.3 is 10.4 Å². The molecular weight excluding hydrogens is 378 g/mol. The fourth-order valence-corrected chi connectivity index (χ4v) is 3.60. The molecule has 1 amide bonds. The Morgan fingerprint density at radius 2 is 1.79 bits per heavy atom. The number of hydrogen-bond acceptors (Lipinski definition) is 4. The Hall–Kier alpha value is -2.67. The minimum atomic E-state index is -3.33. The van der Waals surface area contributed by atoms with E-state index in [1.807, 2.05) is 50.2 Å². The molecule has 0 spiro atoms. The zero-order valence-electron chi connectivity index (χ0n) is 16.2. The number of sulfone groups is 1. The first kappa shape index (κ1) is 21.6. The van der Waals surface area contributed by atoms with E-state index in [2.05, 4.69) is 5.32 Å². The monoisotopic (exact) mass is 403 g/mol. The molecule has 0 heterocycles. The summed E-state index contributed by atoms with van der Waals surface area (Å²) in [5.74, 6) is -2.12. The van der Waals surface area contributed by atoms with Crippen molar-refractivity contribution in [1.82, 2.24) is 5.32 Å².